The maximum absolute atomic E-state index is 11.8. The maximum atomic E-state index is 11.8. The van der Waals surface area contributed by atoms with Gasteiger partial charge in [0.15, 0.2) is 5.69 Å². The van der Waals surface area contributed by atoms with Crippen LogP contribution in [0.3, 0.4) is 0 Å². The van der Waals surface area contributed by atoms with Gasteiger partial charge in [-0.25, -0.2) is 0 Å². The summed E-state index contributed by atoms with van der Waals surface area (Å²) in [7, 11) is 0. The van der Waals surface area contributed by atoms with E-state index < -0.39 is 4.92 Å². The largest absolute Gasteiger partial charge is 0.505 e. The Balaban J connectivity index is 2.45. The van der Waals surface area contributed by atoms with E-state index >= 15 is 0 Å². The first-order chi connectivity index (χ1) is 8.54. The van der Waals surface area contributed by atoms with Crippen LogP contribution < -0.4 is 4.90 Å². The van der Waals surface area contributed by atoms with Gasteiger partial charge in [0.25, 0.3) is 5.69 Å². The van der Waals surface area contributed by atoms with Crippen LogP contribution in [-0.2, 0) is 4.79 Å². The number of alkyl halides is 1. The third-order valence-electron chi connectivity index (χ3n) is 2.88. The van der Waals surface area contributed by atoms with Crippen LogP contribution in [0.5, 0.6) is 5.75 Å². The van der Waals surface area contributed by atoms with Gasteiger partial charge >= 0.3 is 0 Å². The van der Waals surface area contributed by atoms with Crippen LogP contribution >= 0.6 is 15.9 Å². The molecule has 0 aromatic heterocycles. The number of aromatic hydroxyl groups is 1. The Morgan fingerprint density at radius 3 is 2.83 bits per heavy atom. The molecule has 18 heavy (non-hydrogen) atoms. The highest BCUT2D eigenvalue weighted by Crippen LogP contribution is 2.39. The van der Waals surface area contributed by atoms with Gasteiger partial charge in [0, 0.05) is 24.4 Å². The number of para-hydroxylation sites is 1. The summed E-state index contributed by atoms with van der Waals surface area (Å²) in [5.41, 5.74) is -0.255. The summed E-state index contributed by atoms with van der Waals surface area (Å²) in [4.78, 5) is 23.5. The monoisotopic (exact) mass is 314 g/mol. The number of hydrogen-bond donors (Lipinski definition) is 1. The van der Waals surface area contributed by atoms with E-state index in [1.165, 1.54) is 23.1 Å². The summed E-state index contributed by atoms with van der Waals surface area (Å²) in [6.07, 6.45) is 0.330. The topological polar surface area (TPSA) is 83.7 Å². The quantitative estimate of drug-likeness (QED) is 0.525. The van der Waals surface area contributed by atoms with Gasteiger partial charge in [0.1, 0.15) is 5.75 Å². The van der Waals surface area contributed by atoms with Gasteiger partial charge in [-0.2, -0.15) is 0 Å². The van der Waals surface area contributed by atoms with Crippen molar-refractivity contribution < 1.29 is 14.8 Å². The van der Waals surface area contributed by atoms with Crippen LogP contribution in [0, 0.1) is 16.0 Å². The zero-order valence-electron chi connectivity index (χ0n) is 9.38. The smallest absolute Gasteiger partial charge is 0.296 e. The Labute approximate surface area is 111 Å². The molecule has 1 amide bonds. The molecule has 1 aromatic carbocycles. The van der Waals surface area contributed by atoms with E-state index in [1.807, 2.05) is 0 Å². The molecule has 0 aliphatic carbocycles. The van der Waals surface area contributed by atoms with E-state index in [4.69, 9.17) is 0 Å². The van der Waals surface area contributed by atoms with E-state index in [0.29, 0.717) is 18.3 Å². The molecular formula is C11H11BrN2O4. The zero-order chi connectivity index (χ0) is 13.3. The molecule has 2 rings (SSSR count). The number of halogens is 1. The number of hydrogen-bond acceptors (Lipinski definition) is 4. The predicted molar refractivity (Wildman–Crippen MR) is 69.0 cm³/mol. The van der Waals surface area contributed by atoms with E-state index in [1.54, 1.807) is 0 Å². The normalized spacial score (nSPS) is 19.3. The second kappa shape index (κ2) is 4.93. The predicted octanol–water partition coefficient (Wildman–Crippen LogP) is 2.05. The van der Waals surface area contributed by atoms with Crippen molar-refractivity contribution in [3.05, 3.63) is 28.3 Å². The standard InChI is InChI=1S/C11H11BrN2O4/c12-5-7-4-10(16)13(6-7)11-8(14(17)18)2-1-3-9(11)15/h1-3,7,15H,4-6H2. The number of nitro benzene ring substituents is 1. The first-order valence-corrected chi connectivity index (χ1v) is 6.49. The van der Waals surface area contributed by atoms with Crippen LogP contribution in [0.4, 0.5) is 11.4 Å². The van der Waals surface area contributed by atoms with E-state index in [0.717, 1.165) is 0 Å². The van der Waals surface area contributed by atoms with Crippen LogP contribution in [0.25, 0.3) is 0 Å². The van der Waals surface area contributed by atoms with E-state index in [2.05, 4.69) is 15.9 Å². The van der Waals surface area contributed by atoms with Crippen molar-refractivity contribution in [1.82, 2.24) is 0 Å². The molecule has 0 saturated carbocycles. The Kier molecular flexibility index (Phi) is 3.51. The van der Waals surface area contributed by atoms with Crippen molar-refractivity contribution in [1.29, 1.82) is 0 Å². The average Bonchev–Trinajstić information content (AvgIpc) is 2.70. The second-order valence-corrected chi connectivity index (χ2v) is 4.78. The lowest BCUT2D eigenvalue weighted by Crippen LogP contribution is -2.25. The number of anilines is 1. The van der Waals surface area contributed by atoms with Crippen molar-refractivity contribution in [2.45, 2.75) is 6.42 Å². The highest BCUT2D eigenvalue weighted by atomic mass is 79.9. The molecule has 7 heteroatoms. The molecule has 1 atom stereocenters. The summed E-state index contributed by atoms with van der Waals surface area (Å²) in [6, 6.07) is 4.01. The number of amides is 1. The van der Waals surface area contributed by atoms with Crippen molar-refractivity contribution in [2.24, 2.45) is 5.92 Å². The number of carbonyl (C=O) groups excluding carboxylic acids is 1. The highest BCUT2D eigenvalue weighted by molar-refractivity contribution is 9.09. The number of nitrogens with zero attached hydrogens (tertiary/aromatic N) is 2. The second-order valence-electron chi connectivity index (χ2n) is 4.13. The minimum Gasteiger partial charge on any atom is -0.505 e. The molecule has 1 aromatic rings. The fourth-order valence-corrected chi connectivity index (χ4v) is 2.48. The molecule has 1 aliphatic heterocycles. The summed E-state index contributed by atoms with van der Waals surface area (Å²) in [6.45, 7) is 0.377. The van der Waals surface area contributed by atoms with Gasteiger partial charge in [-0.1, -0.05) is 22.0 Å². The van der Waals surface area contributed by atoms with Gasteiger partial charge in [-0.05, 0) is 12.0 Å². The molecule has 0 bridgehead atoms. The van der Waals surface area contributed by atoms with Crippen LogP contribution in [0.2, 0.25) is 0 Å². The third-order valence-corrected chi connectivity index (χ3v) is 3.80. The minimum absolute atomic E-state index is 0.00375. The van der Waals surface area contributed by atoms with Crippen molar-refractivity contribution in [3.8, 4) is 5.75 Å². The van der Waals surface area contributed by atoms with Gasteiger partial charge in [-0.3, -0.25) is 14.9 Å². The van der Waals surface area contributed by atoms with Crippen LogP contribution in [-0.4, -0.2) is 27.8 Å². The number of phenols is 1. The number of carbonyl (C=O) groups is 1. The molecule has 96 valence electrons. The molecule has 1 heterocycles. The number of nitro groups is 1. The highest BCUT2D eigenvalue weighted by Gasteiger charge is 2.35. The van der Waals surface area contributed by atoms with Crippen molar-refractivity contribution in [3.63, 3.8) is 0 Å². The number of rotatable bonds is 3. The summed E-state index contributed by atoms with van der Waals surface area (Å²) in [5, 5.41) is 21.4. The molecule has 1 fully saturated rings. The molecule has 1 N–H and O–H groups in total. The van der Waals surface area contributed by atoms with E-state index in [9.17, 15) is 20.0 Å². The van der Waals surface area contributed by atoms with Gasteiger partial charge in [-0.15, -0.1) is 0 Å². The minimum atomic E-state index is -0.593. The van der Waals surface area contributed by atoms with Gasteiger partial charge in [0.2, 0.25) is 5.91 Å². The Morgan fingerprint density at radius 2 is 2.28 bits per heavy atom. The summed E-state index contributed by atoms with van der Waals surface area (Å²) >= 11 is 3.29. The van der Waals surface area contributed by atoms with Crippen LogP contribution in [0.1, 0.15) is 6.42 Å². The molecule has 1 saturated heterocycles. The molecule has 1 aliphatic rings. The first kappa shape index (κ1) is 12.8. The lowest BCUT2D eigenvalue weighted by molar-refractivity contribution is -0.384. The number of benzene rings is 1. The fraction of sp³-hybridized carbons (Fsp3) is 0.364. The van der Waals surface area contributed by atoms with Gasteiger partial charge in [0.05, 0.1) is 4.92 Å². The fourth-order valence-electron chi connectivity index (χ4n) is 2.04. The van der Waals surface area contributed by atoms with Crippen molar-refractivity contribution >= 4 is 33.2 Å². The van der Waals surface area contributed by atoms with Crippen LogP contribution in [0.15, 0.2) is 18.2 Å². The Bertz CT molecular complexity index is 506. The average molecular weight is 315 g/mol. The zero-order valence-corrected chi connectivity index (χ0v) is 11.0. The lowest BCUT2D eigenvalue weighted by atomic mass is 10.2. The SMILES string of the molecule is O=C1CC(CBr)CN1c1c(O)cccc1[N+](=O)[O-]. The lowest BCUT2D eigenvalue weighted by Gasteiger charge is -2.17. The Morgan fingerprint density at radius 1 is 1.56 bits per heavy atom. The summed E-state index contributed by atoms with van der Waals surface area (Å²) < 4.78 is 0. The summed E-state index contributed by atoms with van der Waals surface area (Å²) in [5.74, 6) is -0.339. The van der Waals surface area contributed by atoms with E-state index in [-0.39, 0.29) is 28.9 Å². The van der Waals surface area contributed by atoms with Crippen molar-refractivity contribution in [2.75, 3.05) is 16.8 Å². The third kappa shape index (κ3) is 2.17. The molecule has 0 radical (unpaired) electrons. The Hall–Kier alpha value is -1.63. The number of phenolic OH excluding ortho intramolecular Hbond substituents is 1. The maximum Gasteiger partial charge on any atom is 0.296 e. The molecule has 6 nitrogen and oxygen atoms in total. The molecule has 1 unspecified atom stereocenters. The molecule has 0 spiro atoms. The first-order valence-electron chi connectivity index (χ1n) is 5.37. The van der Waals surface area contributed by atoms with Gasteiger partial charge < -0.3 is 10.0 Å². The molecular weight excluding hydrogens is 304 g/mol.